The average Bonchev–Trinajstić information content (AvgIpc) is 2.93. The molecule has 0 saturated carbocycles. The van der Waals surface area contributed by atoms with Gasteiger partial charge in [0.05, 0.1) is 31.0 Å². The molecular formula is C24H29N5O11S. The molecule has 0 radical (unpaired) electrons. The summed E-state index contributed by atoms with van der Waals surface area (Å²) in [6, 6.07) is 5.53. The van der Waals surface area contributed by atoms with Crippen LogP contribution in [-0.2, 0) is 58.3 Å². The molecule has 0 bridgehead atoms. The van der Waals surface area contributed by atoms with Crippen molar-refractivity contribution in [3.05, 3.63) is 81.0 Å². The fraction of sp³-hybridized carbons (Fsp3) is 0.333. The van der Waals surface area contributed by atoms with Crippen molar-refractivity contribution in [2.45, 2.75) is 31.0 Å². The van der Waals surface area contributed by atoms with Crippen molar-refractivity contribution in [3.63, 3.8) is 0 Å². The third-order valence-corrected chi connectivity index (χ3v) is 6.19. The molecule has 222 valence electrons. The molecule has 17 heteroatoms. The Labute approximate surface area is 233 Å². The van der Waals surface area contributed by atoms with E-state index in [-0.39, 0.29) is 31.1 Å². The molecule has 16 nitrogen and oxygen atoms in total. The summed E-state index contributed by atoms with van der Waals surface area (Å²) >= 11 is 0. The smallest absolute Gasteiger partial charge is 0.336 e. The number of benzene rings is 1. The number of nitrogens with zero attached hydrogens (tertiary/aromatic N) is 3. The Morgan fingerprint density at radius 3 is 1.59 bits per heavy atom. The third-order valence-electron chi connectivity index (χ3n) is 5.26. The van der Waals surface area contributed by atoms with Crippen molar-refractivity contribution in [1.29, 1.82) is 0 Å². The van der Waals surface area contributed by atoms with Crippen molar-refractivity contribution >= 4 is 33.6 Å². The molecule has 2 rings (SSSR count). The molecule has 0 aliphatic carbocycles. The number of rotatable bonds is 16. The van der Waals surface area contributed by atoms with Crippen LogP contribution in [0, 0.1) is 0 Å². The van der Waals surface area contributed by atoms with Gasteiger partial charge in [0.15, 0.2) is 0 Å². The maximum absolute atomic E-state index is 12.9. The Hall–Kier alpha value is -4.77. The van der Waals surface area contributed by atoms with Gasteiger partial charge in [-0.15, -0.1) is 0 Å². The van der Waals surface area contributed by atoms with E-state index in [2.05, 4.69) is 18.5 Å². The van der Waals surface area contributed by atoms with E-state index in [1.165, 1.54) is 24.3 Å². The first-order chi connectivity index (χ1) is 19.4. The second-order valence-electron chi connectivity index (χ2n) is 8.01. The highest BCUT2D eigenvalue weighted by Crippen LogP contribution is 2.12. The van der Waals surface area contributed by atoms with Gasteiger partial charge in [-0.1, -0.05) is 13.2 Å². The van der Waals surface area contributed by atoms with Crippen LogP contribution in [0.3, 0.4) is 0 Å². The predicted molar refractivity (Wildman–Crippen MR) is 143 cm³/mol. The van der Waals surface area contributed by atoms with Gasteiger partial charge in [-0.25, -0.2) is 51.2 Å². The molecule has 0 aliphatic heterocycles. The highest BCUT2D eigenvalue weighted by molar-refractivity contribution is 7.89. The fourth-order valence-electron chi connectivity index (χ4n) is 3.24. The summed E-state index contributed by atoms with van der Waals surface area (Å²) in [5.74, 6) is -2.25. The van der Waals surface area contributed by atoms with Gasteiger partial charge < -0.3 is 19.5 Å². The van der Waals surface area contributed by atoms with Gasteiger partial charge in [0.1, 0.15) is 19.8 Å². The number of hydrogen-bond acceptors (Lipinski definition) is 12. The van der Waals surface area contributed by atoms with Crippen LogP contribution in [0.2, 0.25) is 0 Å². The monoisotopic (exact) mass is 595 g/mol. The lowest BCUT2D eigenvalue weighted by atomic mass is 10.3. The molecule has 41 heavy (non-hydrogen) atoms. The number of nitrogens with two attached hydrogens (primary N) is 1. The molecule has 2 aromatic rings. The summed E-state index contributed by atoms with van der Waals surface area (Å²) in [4.78, 5) is 73.2. The topological polar surface area (TPSA) is 217 Å². The average molecular weight is 596 g/mol. The molecule has 1 heterocycles. The second kappa shape index (κ2) is 15.1. The number of primary sulfonamides is 1. The lowest BCUT2D eigenvalue weighted by Gasteiger charge is -2.14. The van der Waals surface area contributed by atoms with Gasteiger partial charge in [0.25, 0.3) is 0 Å². The molecule has 0 spiro atoms. The minimum atomic E-state index is -3.84. The first-order valence-corrected chi connectivity index (χ1v) is 13.5. The van der Waals surface area contributed by atoms with E-state index in [1.54, 1.807) is 0 Å². The fourth-order valence-corrected chi connectivity index (χ4v) is 3.76. The summed E-state index contributed by atoms with van der Waals surface area (Å²) in [6.07, 6.45) is 1.67. The molecule has 1 aromatic heterocycles. The zero-order chi connectivity index (χ0) is 30.6. The van der Waals surface area contributed by atoms with E-state index in [1.807, 2.05) is 0 Å². The Bertz CT molecular complexity index is 1510. The Morgan fingerprint density at radius 1 is 0.780 bits per heavy atom. The quantitative estimate of drug-likeness (QED) is 0.126. The van der Waals surface area contributed by atoms with Crippen molar-refractivity contribution in [3.8, 4) is 0 Å². The van der Waals surface area contributed by atoms with E-state index in [4.69, 9.17) is 19.3 Å². The van der Waals surface area contributed by atoms with E-state index in [0.29, 0.717) is 19.4 Å². The number of sulfonamides is 1. The van der Waals surface area contributed by atoms with Crippen LogP contribution in [0.4, 0.5) is 5.69 Å². The number of anilines is 1. The molecule has 0 amide bonds. The summed E-state index contributed by atoms with van der Waals surface area (Å²) in [5, 5.41) is 7.94. The number of hydrogen-bond donors (Lipinski definition) is 2. The summed E-state index contributed by atoms with van der Waals surface area (Å²) in [6.45, 7) is 4.24. The van der Waals surface area contributed by atoms with E-state index < -0.39 is 71.2 Å². The molecule has 0 saturated heterocycles. The van der Waals surface area contributed by atoms with E-state index in [9.17, 15) is 37.2 Å². The van der Waals surface area contributed by atoms with Gasteiger partial charge in [0.2, 0.25) is 10.0 Å². The Morgan fingerprint density at radius 2 is 1.20 bits per heavy atom. The van der Waals surface area contributed by atoms with Gasteiger partial charge in [-0.05, 0) is 24.3 Å². The molecule has 3 N–H and O–H groups in total. The SMILES string of the molecule is C=CC(=O)OCCn1c(=O)n(CCOC(=O)C=C)c(=O)n(CCOC(=O)CCNc2ccc(S(N)(=O)=O)cc2)c1=O. The third kappa shape index (κ3) is 9.73. The number of carbonyl (C=O) groups is 3. The minimum absolute atomic E-state index is 0.0707. The zero-order valence-electron chi connectivity index (χ0n) is 21.9. The van der Waals surface area contributed by atoms with Crippen molar-refractivity contribution in [2.75, 3.05) is 31.7 Å². The van der Waals surface area contributed by atoms with Crippen LogP contribution >= 0.6 is 0 Å². The van der Waals surface area contributed by atoms with Crippen LogP contribution in [-0.4, -0.2) is 66.4 Å². The van der Waals surface area contributed by atoms with Gasteiger partial charge in [0, 0.05) is 24.4 Å². The van der Waals surface area contributed by atoms with Crippen molar-refractivity contribution < 1.29 is 37.0 Å². The normalized spacial score (nSPS) is 10.9. The van der Waals surface area contributed by atoms with Crippen LogP contribution < -0.4 is 27.5 Å². The van der Waals surface area contributed by atoms with Crippen molar-refractivity contribution in [1.82, 2.24) is 13.7 Å². The Kier molecular flexibility index (Phi) is 12.0. The highest BCUT2D eigenvalue weighted by atomic mass is 32.2. The second-order valence-corrected chi connectivity index (χ2v) is 9.57. The molecule has 0 unspecified atom stereocenters. The summed E-state index contributed by atoms with van der Waals surface area (Å²) in [7, 11) is -3.84. The summed E-state index contributed by atoms with van der Waals surface area (Å²) in [5.41, 5.74) is -2.57. The standard InChI is InChI=1S/C24H29N5O11S/c1-3-19(30)38-14-11-27-22(33)28(12-15-39-20(31)4-2)24(35)29(23(27)34)13-16-40-21(32)9-10-26-17-5-7-18(8-6-17)41(25,36)37/h3-8,26H,1-2,9-16H2,(H2,25,36,37). The molecule has 0 atom stereocenters. The van der Waals surface area contributed by atoms with Crippen LogP contribution in [0.5, 0.6) is 0 Å². The molecule has 0 aliphatic rings. The van der Waals surface area contributed by atoms with E-state index in [0.717, 1.165) is 12.2 Å². The number of ether oxygens (including phenoxy) is 3. The maximum atomic E-state index is 12.9. The predicted octanol–water partition coefficient (Wildman–Crippen LogP) is -1.68. The lowest BCUT2D eigenvalue weighted by Crippen LogP contribution is -2.55. The Balaban J connectivity index is 2.07. The molecule has 1 aromatic carbocycles. The van der Waals surface area contributed by atoms with Gasteiger partial charge in [-0.2, -0.15) is 0 Å². The lowest BCUT2D eigenvalue weighted by molar-refractivity contribution is -0.143. The largest absolute Gasteiger partial charge is 0.464 e. The number of esters is 3. The highest BCUT2D eigenvalue weighted by Gasteiger charge is 2.17. The first-order valence-electron chi connectivity index (χ1n) is 11.9. The van der Waals surface area contributed by atoms with E-state index >= 15 is 0 Å². The minimum Gasteiger partial charge on any atom is -0.464 e. The van der Waals surface area contributed by atoms with Gasteiger partial charge in [-0.3, -0.25) is 4.79 Å². The van der Waals surface area contributed by atoms with Gasteiger partial charge >= 0.3 is 35.0 Å². The molecule has 0 fully saturated rings. The van der Waals surface area contributed by atoms with Crippen molar-refractivity contribution in [2.24, 2.45) is 5.14 Å². The van der Waals surface area contributed by atoms with Crippen LogP contribution in [0.15, 0.2) is 68.9 Å². The summed E-state index contributed by atoms with van der Waals surface area (Å²) < 4.78 is 39.3. The number of aromatic nitrogens is 3. The molecular weight excluding hydrogens is 566 g/mol. The first kappa shape index (κ1) is 32.4. The van der Waals surface area contributed by atoms with Crippen LogP contribution in [0.25, 0.3) is 0 Å². The number of nitrogens with one attached hydrogen (secondary N) is 1. The number of carbonyl (C=O) groups excluding carboxylic acids is 3. The van der Waals surface area contributed by atoms with Crippen LogP contribution in [0.1, 0.15) is 6.42 Å². The zero-order valence-corrected chi connectivity index (χ0v) is 22.7. The maximum Gasteiger partial charge on any atom is 0.336 e.